The molecule has 12 heavy (non-hydrogen) atoms. The number of hydrogen-bond donors (Lipinski definition) is 2. The van der Waals surface area contributed by atoms with Crippen LogP contribution in [0, 0.1) is 5.92 Å². The predicted molar refractivity (Wildman–Crippen MR) is 33.5 cm³/mol. The van der Waals surface area contributed by atoms with Gasteiger partial charge in [-0.25, -0.2) is 0 Å². The van der Waals surface area contributed by atoms with Gasteiger partial charge in [-0.15, -0.1) is 0 Å². The molecule has 0 aliphatic rings. The molecule has 0 aliphatic heterocycles. The first-order valence-electron chi connectivity index (χ1n) is 3.28. The number of carbonyl (C=O) groups is 1. The molecular weight excluding hydrogens is 177 g/mol. The van der Waals surface area contributed by atoms with Crippen LogP contribution in [0.2, 0.25) is 0 Å². The number of aliphatic carboxylic acids is 1. The molecule has 0 bridgehead atoms. The van der Waals surface area contributed by atoms with Crippen LogP contribution >= 0.6 is 0 Å². The molecule has 0 amide bonds. The molecule has 0 heterocycles. The summed E-state index contributed by atoms with van der Waals surface area (Å²) in [4.78, 5) is 10.2. The third-order valence-electron chi connectivity index (χ3n) is 1.47. The zero-order valence-corrected chi connectivity index (χ0v) is 6.30. The molecule has 72 valence electrons. The van der Waals surface area contributed by atoms with E-state index in [9.17, 15) is 18.0 Å². The summed E-state index contributed by atoms with van der Waals surface area (Å²) >= 11 is 0. The summed E-state index contributed by atoms with van der Waals surface area (Å²) in [5, 5.41) is 16.8. The van der Waals surface area contributed by atoms with Gasteiger partial charge >= 0.3 is 12.1 Å². The summed E-state index contributed by atoms with van der Waals surface area (Å²) in [7, 11) is 0. The number of carboxylic acid groups (broad SMARTS) is 1. The molecular formula is C6H9F3O3. The molecule has 0 aromatic rings. The highest BCUT2D eigenvalue weighted by atomic mass is 19.4. The highest BCUT2D eigenvalue weighted by molar-refractivity contribution is 5.70. The summed E-state index contributed by atoms with van der Waals surface area (Å²) in [6.07, 6.45) is -7.89. The van der Waals surface area contributed by atoms with Crippen LogP contribution in [0.5, 0.6) is 0 Å². The maximum Gasteiger partial charge on any atom is 0.415 e. The molecule has 2 atom stereocenters. The topological polar surface area (TPSA) is 57.5 Å². The Hall–Kier alpha value is -0.780. The highest BCUT2D eigenvalue weighted by Crippen LogP contribution is 2.27. The van der Waals surface area contributed by atoms with E-state index in [1.807, 2.05) is 0 Å². The van der Waals surface area contributed by atoms with E-state index in [1.165, 1.54) is 6.92 Å². The van der Waals surface area contributed by atoms with Gasteiger partial charge in [-0.1, -0.05) is 6.92 Å². The first-order valence-corrected chi connectivity index (χ1v) is 3.28. The molecule has 1 unspecified atom stereocenters. The van der Waals surface area contributed by atoms with Crippen LogP contribution in [-0.2, 0) is 4.79 Å². The summed E-state index contributed by atoms with van der Waals surface area (Å²) in [6.45, 7) is 1.27. The summed E-state index contributed by atoms with van der Waals surface area (Å²) in [6, 6.07) is 0. The predicted octanol–water partition coefficient (Wildman–Crippen LogP) is 1.02. The molecule has 0 spiro atoms. The monoisotopic (exact) mass is 186 g/mol. The first kappa shape index (κ1) is 11.2. The average molecular weight is 186 g/mol. The van der Waals surface area contributed by atoms with Gasteiger partial charge < -0.3 is 10.2 Å². The van der Waals surface area contributed by atoms with Crippen molar-refractivity contribution in [1.29, 1.82) is 0 Å². The second kappa shape index (κ2) is 3.75. The molecule has 0 aromatic carbocycles. The zero-order chi connectivity index (χ0) is 9.94. The molecule has 0 rings (SSSR count). The van der Waals surface area contributed by atoms with E-state index in [2.05, 4.69) is 0 Å². The van der Waals surface area contributed by atoms with Crippen LogP contribution in [0.3, 0.4) is 0 Å². The van der Waals surface area contributed by atoms with E-state index in [4.69, 9.17) is 10.2 Å². The van der Waals surface area contributed by atoms with Gasteiger partial charge in [0.15, 0.2) is 6.10 Å². The van der Waals surface area contributed by atoms with Crippen molar-refractivity contribution in [2.24, 2.45) is 5.92 Å². The van der Waals surface area contributed by atoms with Gasteiger partial charge in [0, 0.05) is 0 Å². The van der Waals surface area contributed by atoms with Gasteiger partial charge in [0.25, 0.3) is 0 Å². The lowest BCUT2D eigenvalue weighted by atomic mass is 9.99. The van der Waals surface area contributed by atoms with Crippen molar-refractivity contribution in [1.82, 2.24) is 0 Å². The van der Waals surface area contributed by atoms with Crippen molar-refractivity contribution in [3.8, 4) is 0 Å². The fourth-order valence-corrected chi connectivity index (χ4v) is 0.761. The lowest BCUT2D eigenvalue weighted by molar-refractivity contribution is -0.223. The molecule has 6 heteroatoms. The Bertz CT molecular complexity index is 166. The molecule has 0 fully saturated rings. The first-order chi connectivity index (χ1) is 5.30. The summed E-state index contributed by atoms with van der Waals surface area (Å²) in [5.74, 6) is -3.41. The van der Waals surface area contributed by atoms with Crippen molar-refractivity contribution in [3.63, 3.8) is 0 Å². The van der Waals surface area contributed by atoms with E-state index in [-0.39, 0.29) is 6.42 Å². The van der Waals surface area contributed by atoms with Crippen LogP contribution in [-0.4, -0.2) is 28.5 Å². The van der Waals surface area contributed by atoms with Gasteiger partial charge in [-0.3, -0.25) is 4.79 Å². The third-order valence-corrected chi connectivity index (χ3v) is 1.47. The lowest BCUT2D eigenvalue weighted by Gasteiger charge is -2.19. The van der Waals surface area contributed by atoms with Crippen molar-refractivity contribution in [2.45, 2.75) is 25.6 Å². The minimum atomic E-state index is -4.86. The van der Waals surface area contributed by atoms with Gasteiger partial charge in [0.05, 0.1) is 5.92 Å². The largest absolute Gasteiger partial charge is 0.481 e. The zero-order valence-electron chi connectivity index (χ0n) is 6.30. The number of aliphatic hydroxyl groups excluding tert-OH is 1. The van der Waals surface area contributed by atoms with Crippen molar-refractivity contribution >= 4 is 5.97 Å². The van der Waals surface area contributed by atoms with E-state index in [0.29, 0.717) is 0 Å². The standard InChI is InChI=1S/C6H9F3O3/c1-2-3(5(11)12)4(10)6(7,8)9/h3-4,10H,2H2,1H3,(H,11,12)/t3?,4-/m1/s1. The summed E-state index contributed by atoms with van der Waals surface area (Å²) in [5.41, 5.74) is 0. The molecule has 0 aliphatic carbocycles. The summed E-state index contributed by atoms with van der Waals surface area (Å²) < 4.78 is 35.2. The normalized spacial score (nSPS) is 17.1. The van der Waals surface area contributed by atoms with Gasteiger partial charge in [0.1, 0.15) is 0 Å². The van der Waals surface area contributed by atoms with Crippen LogP contribution in [0.1, 0.15) is 13.3 Å². The van der Waals surface area contributed by atoms with Crippen molar-refractivity contribution in [3.05, 3.63) is 0 Å². The number of aliphatic hydroxyl groups is 1. The lowest BCUT2D eigenvalue weighted by Crippen LogP contribution is -2.39. The van der Waals surface area contributed by atoms with Crippen LogP contribution in [0.25, 0.3) is 0 Å². The SMILES string of the molecule is CCC(C(=O)O)[C@@H](O)C(F)(F)F. The smallest absolute Gasteiger partial charge is 0.415 e. The molecule has 0 aromatic heterocycles. The Morgan fingerprint density at radius 3 is 2.00 bits per heavy atom. The number of alkyl halides is 3. The number of hydrogen-bond acceptors (Lipinski definition) is 2. The fraction of sp³-hybridized carbons (Fsp3) is 0.833. The van der Waals surface area contributed by atoms with Crippen LogP contribution in [0.4, 0.5) is 13.2 Å². The van der Waals surface area contributed by atoms with E-state index in [1.54, 1.807) is 0 Å². The molecule has 0 saturated heterocycles. The maximum atomic E-state index is 11.7. The van der Waals surface area contributed by atoms with Crippen molar-refractivity contribution < 1.29 is 28.2 Å². The fourth-order valence-electron chi connectivity index (χ4n) is 0.761. The molecule has 2 N–H and O–H groups in total. The Morgan fingerprint density at radius 2 is 1.92 bits per heavy atom. The van der Waals surface area contributed by atoms with Crippen LogP contribution < -0.4 is 0 Å². The Kier molecular flexibility index (Phi) is 3.51. The Labute approximate surface area is 66.8 Å². The van der Waals surface area contributed by atoms with E-state index < -0.39 is 24.2 Å². The minimum Gasteiger partial charge on any atom is -0.481 e. The Balaban J connectivity index is 4.42. The second-order valence-electron chi connectivity index (χ2n) is 2.34. The third kappa shape index (κ3) is 2.69. The van der Waals surface area contributed by atoms with E-state index in [0.717, 1.165) is 0 Å². The molecule has 0 saturated carbocycles. The van der Waals surface area contributed by atoms with E-state index >= 15 is 0 Å². The van der Waals surface area contributed by atoms with Gasteiger partial charge in [-0.05, 0) is 6.42 Å². The molecule has 3 nitrogen and oxygen atoms in total. The molecule has 0 radical (unpaired) electrons. The van der Waals surface area contributed by atoms with Crippen molar-refractivity contribution in [2.75, 3.05) is 0 Å². The average Bonchev–Trinajstić information content (AvgIpc) is 1.86. The number of carboxylic acids is 1. The van der Waals surface area contributed by atoms with Gasteiger partial charge in [0.2, 0.25) is 0 Å². The number of rotatable bonds is 3. The number of halogens is 3. The quantitative estimate of drug-likeness (QED) is 0.691. The minimum absolute atomic E-state index is 0.254. The Morgan fingerprint density at radius 1 is 1.50 bits per heavy atom. The highest BCUT2D eigenvalue weighted by Gasteiger charge is 2.45. The van der Waals surface area contributed by atoms with Gasteiger partial charge in [-0.2, -0.15) is 13.2 Å². The van der Waals surface area contributed by atoms with Crippen LogP contribution in [0.15, 0.2) is 0 Å². The maximum absolute atomic E-state index is 11.7. The second-order valence-corrected chi connectivity index (χ2v) is 2.34.